The Kier molecular flexibility index (Phi) is 4.53. The van der Waals surface area contributed by atoms with Crippen molar-refractivity contribution >= 4 is 5.91 Å². The Hall–Kier alpha value is -1.86. The van der Waals surface area contributed by atoms with Gasteiger partial charge in [0, 0.05) is 11.6 Å². The van der Waals surface area contributed by atoms with Crippen molar-refractivity contribution < 1.29 is 14.3 Å². The van der Waals surface area contributed by atoms with Crippen LogP contribution in [0.3, 0.4) is 0 Å². The Balaban J connectivity index is 2.20. The van der Waals surface area contributed by atoms with Gasteiger partial charge in [-0.2, -0.15) is 0 Å². The second-order valence-corrected chi connectivity index (χ2v) is 4.60. The lowest BCUT2D eigenvalue weighted by Crippen LogP contribution is -2.33. The van der Waals surface area contributed by atoms with E-state index in [4.69, 9.17) is 5.11 Å². The van der Waals surface area contributed by atoms with Crippen molar-refractivity contribution in [1.29, 1.82) is 0 Å². The monoisotopic (exact) mass is 261 g/mol. The Bertz CT molecular complexity index is 525. The van der Waals surface area contributed by atoms with Crippen LogP contribution < -0.4 is 5.32 Å². The molecule has 1 aliphatic carbocycles. The van der Waals surface area contributed by atoms with E-state index in [-0.39, 0.29) is 24.1 Å². The molecule has 4 heteroatoms. The highest BCUT2D eigenvalue weighted by atomic mass is 19.1. The Labute approximate surface area is 111 Å². The summed E-state index contributed by atoms with van der Waals surface area (Å²) in [6, 6.07) is 4.08. The van der Waals surface area contributed by atoms with Gasteiger partial charge in [-0.05, 0) is 31.0 Å². The number of rotatable bonds is 2. The quantitative estimate of drug-likeness (QED) is 0.798. The molecule has 100 valence electrons. The molecule has 3 nitrogen and oxygen atoms in total. The highest BCUT2D eigenvalue weighted by Crippen LogP contribution is 2.19. The third kappa shape index (κ3) is 3.55. The summed E-state index contributed by atoms with van der Waals surface area (Å²) in [5.41, 5.74) is 0.666. The zero-order valence-corrected chi connectivity index (χ0v) is 10.6. The molecule has 0 aliphatic heterocycles. The molecule has 1 fully saturated rings. The SMILES string of the molecule is O=C(NC1CCCC1)c1cc(F)ccc1C#CCO. The topological polar surface area (TPSA) is 49.3 Å². The molecule has 0 atom stereocenters. The molecular formula is C15H16FNO2. The van der Waals surface area contributed by atoms with Crippen molar-refractivity contribution in [2.45, 2.75) is 31.7 Å². The third-order valence-electron chi connectivity index (χ3n) is 3.22. The first-order valence-electron chi connectivity index (χ1n) is 6.41. The van der Waals surface area contributed by atoms with E-state index in [1.54, 1.807) is 0 Å². The van der Waals surface area contributed by atoms with Gasteiger partial charge < -0.3 is 10.4 Å². The predicted octanol–water partition coefficient (Wildman–Crippen LogP) is 1.84. The van der Waals surface area contributed by atoms with Gasteiger partial charge in [0.25, 0.3) is 5.91 Å². The molecule has 2 N–H and O–H groups in total. The molecular weight excluding hydrogens is 245 g/mol. The van der Waals surface area contributed by atoms with Gasteiger partial charge >= 0.3 is 0 Å². The van der Waals surface area contributed by atoms with E-state index in [0.29, 0.717) is 5.56 Å². The number of benzene rings is 1. The van der Waals surface area contributed by atoms with Gasteiger partial charge in [0.15, 0.2) is 0 Å². The zero-order valence-electron chi connectivity index (χ0n) is 10.6. The fraction of sp³-hybridized carbons (Fsp3) is 0.400. The summed E-state index contributed by atoms with van der Waals surface area (Å²) in [4.78, 5) is 12.1. The zero-order chi connectivity index (χ0) is 13.7. The Morgan fingerprint density at radius 2 is 2.16 bits per heavy atom. The second-order valence-electron chi connectivity index (χ2n) is 4.60. The summed E-state index contributed by atoms with van der Waals surface area (Å²) < 4.78 is 13.3. The predicted molar refractivity (Wildman–Crippen MR) is 70.1 cm³/mol. The lowest BCUT2D eigenvalue weighted by Gasteiger charge is -2.12. The Morgan fingerprint density at radius 1 is 1.42 bits per heavy atom. The van der Waals surface area contributed by atoms with E-state index in [1.807, 2.05) is 0 Å². The average molecular weight is 261 g/mol. The van der Waals surface area contributed by atoms with Crippen molar-refractivity contribution in [3.05, 3.63) is 35.1 Å². The van der Waals surface area contributed by atoms with Gasteiger partial charge in [0.05, 0.1) is 5.56 Å². The third-order valence-corrected chi connectivity index (χ3v) is 3.22. The van der Waals surface area contributed by atoms with Crippen LogP contribution in [0.25, 0.3) is 0 Å². The standard InChI is InChI=1S/C15H16FNO2/c16-12-8-7-11(4-3-9-18)14(10-12)15(19)17-13-5-1-2-6-13/h7-8,10,13,18H,1-2,5-6,9H2,(H,17,19). The van der Waals surface area contributed by atoms with E-state index in [9.17, 15) is 9.18 Å². The van der Waals surface area contributed by atoms with Crippen LogP contribution in [-0.4, -0.2) is 23.7 Å². The molecule has 1 amide bonds. The summed E-state index contributed by atoms with van der Waals surface area (Å²) >= 11 is 0. The van der Waals surface area contributed by atoms with Crippen LogP contribution in [0.4, 0.5) is 4.39 Å². The highest BCUT2D eigenvalue weighted by Gasteiger charge is 2.19. The Morgan fingerprint density at radius 3 is 2.84 bits per heavy atom. The number of nitrogens with one attached hydrogen (secondary N) is 1. The number of hydrogen-bond acceptors (Lipinski definition) is 2. The van der Waals surface area contributed by atoms with Crippen molar-refractivity contribution in [2.24, 2.45) is 0 Å². The molecule has 0 aromatic heterocycles. The molecule has 0 unspecified atom stereocenters. The number of hydrogen-bond donors (Lipinski definition) is 2. The molecule has 0 spiro atoms. The van der Waals surface area contributed by atoms with Crippen LogP contribution in [0.5, 0.6) is 0 Å². The number of aliphatic hydroxyl groups excluding tert-OH is 1. The maximum absolute atomic E-state index is 13.3. The van der Waals surface area contributed by atoms with E-state index in [1.165, 1.54) is 18.2 Å². The summed E-state index contributed by atoms with van der Waals surface area (Å²) in [5.74, 6) is 4.38. The van der Waals surface area contributed by atoms with Crippen LogP contribution in [-0.2, 0) is 0 Å². The molecule has 1 aromatic rings. The van der Waals surface area contributed by atoms with Gasteiger partial charge in [-0.1, -0.05) is 24.7 Å². The summed E-state index contributed by atoms with van der Waals surface area (Å²) in [5, 5.41) is 11.6. The van der Waals surface area contributed by atoms with Gasteiger partial charge in [0.1, 0.15) is 12.4 Å². The van der Waals surface area contributed by atoms with E-state index < -0.39 is 5.82 Å². The summed E-state index contributed by atoms with van der Waals surface area (Å²) in [7, 11) is 0. The second kappa shape index (κ2) is 6.35. The molecule has 1 aliphatic rings. The fourth-order valence-corrected chi connectivity index (χ4v) is 2.28. The molecule has 2 rings (SSSR count). The number of halogens is 1. The first kappa shape index (κ1) is 13.6. The normalized spacial score (nSPS) is 14.8. The van der Waals surface area contributed by atoms with Crippen molar-refractivity contribution in [3.63, 3.8) is 0 Å². The molecule has 1 aromatic carbocycles. The van der Waals surface area contributed by atoms with Gasteiger partial charge in [-0.3, -0.25) is 4.79 Å². The largest absolute Gasteiger partial charge is 0.384 e. The van der Waals surface area contributed by atoms with Crippen molar-refractivity contribution in [1.82, 2.24) is 5.32 Å². The fourth-order valence-electron chi connectivity index (χ4n) is 2.28. The van der Waals surface area contributed by atoms with Crippen molar-refractivity contribution in [3.8, 4) is 11.8 Å². The van der Waals surface area contributed by atoms with E-state index >= 15 is 0 Å². The van der Waals surface area contributed by atoms with E-state index in [0.717, 1.165) is 25.7 Å². The van der Waals surface area contributed by atoms with Crippen LogP contribution in [0.1, 0.15) is 41.6 Å². The maximum atomic E-state index is 13.3. The minimum Gasteiger partial charge on any atom is -0.384 e. The average Bonchev–Trinajstić information content (AvgIpc) is 2.90. The van der Waals surface area contributed by atoms with Gasteiger partial charge in [-0.15, -0.1) is 0 Å². The number of amides is 1. The number of carbonyl (C=O) groups excluding carboxylic acids is 1. The highest BCUT2D eigenvalue weighted by molar-refractivity contribution is 5.97. The summed E-state index contributed by atoms with van der Waals surface area (Å²) in [6.45, 7) is -0.291. The minimum absolute atomic E-state index is 0.175. The number of carbonyl (C=O) groups is 1. The molecule has 19 heavy (non-hydrogen) atoms. The molecule has 0 radical (unpaired) electrons. The molecule has 0 bridgehead atoms. The van der Waals surface area contributed by atoms with Crippen molar-refractivity contribution in [2.75, 3.05) is 6.61 Å². The van der Waals surface area contributed by atoms with Crippen LogP contribution in [0, 0.1) is 17.7 Å². The van der Waals surface area contributed by atoms with Gasteiger partial charge in [0.2, 0.25) is 0 Å². The molecule has 1 saturated carbocycles. The molecule has 0 heterocycles. The first-order chi connectivity index (χ1) is 9.20. The maximum Gasteiger partial charge on any atom is 0.252 e. The summed E-state index contributed by atoms with van der Waals surface area (Å²) in [6.07, 6.45) is 4.17. The number of aliphatic hydroxyl groups is 1. The van der Waals surface area contributed by atoms with Crippen LogP contribution >= 0.6 is 0 Å². The minimum atomic E-state index is -0.467. The lowest BCUT2D eigenvalue weighted by atomic mass is 10.1. The van der Waals surface area contributed by atoms with Crippen LogP contribution in [0.2, 0.25) is 0 Å². The smallest absolute Gasteiger partial charge is 0.252 e. The first-order valence-corrected chi connectivity index (χ1v) is 6.41. The van der Waals surface area contributed by atoms with Gasteiger partial charge in [-0.25, -0.2) is 4.39 Å². The molecule has 0 saturated heterocycles. The van der Waals surface area contributed by atoms with E-state index in [2.05, 4.69) is 17.2 Å². The lowest BCUT2D eigenvalue weighted by molar-refractivity contribution is 0.0937. The van der Waals surface area contributed by atoms with Crippen LogP contribution in [0.15, 0.2) is 18.2 Å².